The van der Waals surface area contributed by atoms with E-state index < -0.39 is 0 Å². The molecule has 2 rings (SSSR count). The number of hydrogen-bond acceptors (Lipinski definition) is 5. The first-order valence-corrected chi connectivity index (χ1v) is 7.77. The van der Waals surface area contributed by atoms with Crippen molar-refractivity contribution in [2.45, 2.75) is 39.8 Å². The van der Waals surface area contributed by atoms with Gasteiger partial charge in [-0.15, -0.1) is 11.3 Å². The van der Waals surface area contributed by atoms with Gasteiger partial charge in [0.15, 0.2) is 11.7 Å². The topological polar surface area (TPSA) is 75.3 Å². The number of aromatic nitrogens is 2. The van der Waals surface area contributed by atoms with Gasteiger partial charge in [-0.2, -0.15) is 0 Å². The summed E-state index contributed by atoms with van der Waals surface area (Å²) in [5.41, 5.74) is 2.01. The van der Waals surface area contributed by atoms with Gasteiger partial charge in [-0.1, -0.05) is 19.0 Å². The van der Waals surface area contributed by atoms with Crippen molar-refractivity contribution in [1.29, 1.82) is 0 Å². The van der Waals surface area contributed by atoms with Crippen LogP contribution in [0.25, 0.3) is 0 Å². The Morgan fingerprint density at radius 3 is 2.71 bits per heavy atom. The lowest BCUT2D eigenvalue weighted by atomic mass is 10.2. The molecule has 0 aliphatic heterocycles. The quantitative estimate of drug-likeness (QED) is 0.655. The zero-order chi connectivity index (χ0) is 15.2. The third-order valence-corrected chi connectivity index (χ3v) is 3.77. The standard InChI is InChI=1S/C14H21N5OS/c1-9(2)12-8-21-13(18-12)7-17-14(15-4)16-6-11-5-10(3)19-20-11/h5,8-9H,6-7H2,1-4H3,(H2,15,16,17). The zero-order valence-electron chi connectivity index (χ0n) is 12.8. The van der Waals surface area contributed by atoms with Crippen molar-refractivity contribution in [3.8, 4) is 0 Å². The van der Waals surface area contributed by atoms with Crippen molar-refractivity contribution in [3.05, 3.63) is 33.6 Å². The highest BCUT2D eigenvalue weighted by Gasteiger charge is 2.07. The van der Waals surface area contributed by atoms with Gasteiger partial charge >= 0.3 is 0 Å². The van der Waals surface area contributed by atoms with Crippen LogP contribution in [-0.2, 0) is 13.1 Å². The van der Waals surface area contributed by atoms with Crippen molar-refractivity contribution >= 4 is 17.3 Å². The second-order valence-electron chi connectivity index (χ2n) is 5.03. The van der Waals surface area contributed by atoms with Crippen molar-refractivity contribution in [3.63, 3.8) is 0 Å². The molecule has 0 aliphatic carbocycles. The van der Waals surface area contributed by atoms with E-state index in [0.717, 1.165) is 22.2 Å². The molecule has 0 bridgehead atoms. The van der Waals surface area contributed by atoms with Crippen molar-refractivity contribution < 1.29 is 4.52 Å². The smallest absolute Gasteiger partial charge is 0.191 e. The maximum atomic E-state index is 5.15. The molecule has 0 saturated carbocycles. The van der Waals surface area contributed by atoms with Crippen LogP contribution < -0.4 is 10.6 Å². The van der Waals surface area contributed by atoms with Crippen LogP contribution in [0.5, 0.6) is 0 Å². The highest BCUT2D eigenvalue weighted by atomic mass is 32.1. The summed E-state index contributed by atoms with van der Waals surface area (Å²) in [5.74, 6) is 1.96. The Labute approximate surface area is 128 Å². The minimum Gasteiger partial charge on any atom is -0.359 e. The van der Waals surface area contributed by atoms with E-state index in [0.29, 0.717) is 25.0 Å². The van der Waals surface area contributed by atoms with E-state index in [1.54, 1.807) is 18.4 Å². The molecular formula is C14H21N5OS. The molecule has 0 fully saturated rings. The van der Waals surface area contributed by atoms with Gasteiger partial charge in [-0.05, 0) is 12.8 Å². The summed E-state index contributed by atoms with van der Waals surface area (Å²) in [7, 11) is 1.74. The highest BCUT2D eigenvalue weighted by Crippen LogP contribution is 2.17. The molecule has 0 saturated heterocycles. The Kier molecular flexibility index (Phi) is 5.32. The molecule has 0 aromatic carbocycles. The van der Waals surface area contributed by atoms with Crippen LogP contribution in [0, 0.1) is 6.92 Å². The largest absolute Gasteiger partial charge is 0.359 e. The van der Waals surface area contributed by atoms with Crippen molar-refractivity contribution in [2.75, 3.05) is 7.05 Å². The monoisotopic (exact) mass is 307 g/mol. The van der Waals surface area contributed by atoms with Crippen LogP contribution in [0.1, 0.15) is 41.9 Å². The Morgan fingerprint density at radius 2 is 2.14 bits per heavy atom. The first-order chi connectivity index (χ1) is 10.1. The first kappa shape index (κ1) is 15.5. The fourth-order valence-corrected chi connectivity index (χ4v) is 2.62. The zero-order valence-corrected chi connectivity index (χ0v) is 13.6. The van der Waals surface area contributed by atoms with Gasteiger partial charge in [-0.25, -0.2) is 4.98 Å². The first-order valence-electron chi connectivity index (χ1n) is 6.89. The van der Waals surface area contributed by atoms with Crippen LogP contribution in [0.15, 0.2) is 21.0 Å². The number of thiazole rings is 1. The van der Waals surface area contributed by atoms with Gasteiger partial charge in [0.25, 0.3) is 0 Å². The molecule has 0 atom stereocenters. The maximum Gasteiger partial charge on any atom is 0.191 e. The molecule has 2 aromatic rings. The second kappa shape index (κ2) is 7.21. The van der Waals surface area contributed by atoms with Gasteiger partial charge in [0, 0.05) is 18.5 Å². The van der Waals surface area contributed by atoms with E-state index in [4.69, 9.17) is 4.52 Å². The number of nitrogens with one attached hydrogen (secondary N) is 2. The number of aliphatic imine (C=N–C) groups is 1. The summed E-state index contributed by atoms with van der Waals surface area (Å²) in [4.78, 5) is 8.76. The van der Waals surface area contributed by atoms with Crippen molar-refractivity contribution in [1.82, 2.24) is 20.8 Å². The fourth-order valence-electron chi connectivity index (χ4n) is 1.72. The van der Waals surface area contributed by atoms with Gasteiger partial charge in [0.2, 0.25) is 0 Å². The summed E-state index contributed by atoms with van der Waals surface area (Å²) in [6.45, 7) is 7.40. The molecule has 0 aliphatic rings. The molecule has 2 aromatic heterocycles. The Morgan fingerprint density at radius 1 is 1.38 bits per heavy atom. The average Bonchev–Trinajstić information content (AvgIpc) is 3.08. The summed E-state index contributed by atoms with van der Waals surface area (Å²) in [6.07, 6.45) is 0. The lowest BCUT2D eigenvalue weighted by Crippen LogP contribution is -2.36. The minimum absolute atomic E-state index is 0.460. The molecule has 0 amide bonds. The second-order valence-corrected chi connectivity index (χ2v) is 5.98. The van der Waals surface area contributed by atoms with Gasteiger partial charge < -0.3 is 15.2 Å². The van der Waals surface area contributed by atoms with E-state index in [2.05, 4.69) is 45.0 Å². The third-order valence-electron chi connectivity index (χ3n) is 2.90. The number of hydrogen-bond donors (Lipinski definition) is 2. The molecule has 0 unspecified atom stereocenters. The molecule has 2 N–H and O–H groups in total. The molecule has 114 valence electrons. The number of aryl methyl sites for hydroxylation is 1. The predicted octanol–water partition coefficient (Wildman–Crippen LogP) is 2.43. The van der Waals surface area contributed by atoms with Crippen molar-refractivity contribution in [2.24, 2.45) is 4.99 Å². The Balaban J connectivity index is 1.82. The normalized spacial score (nSPS) is 12.0. The molecule has 7 heteroatoms. The Bertz CT molecular complexity index is 602. The van der Waals surface area contributed by atoms with Crippen LogP contribution >= 0.6 is 11.3 Å². The fraction of sp³-hybridized carbons (Fsp3) is 0.500. The van der Waals surface area contributed by atoms with Gasteiger partial charge in [0.05, 0.1) is 24.5 Å². The number of guanidine groups is 1. The lowest BCUT2D eigenvalue weighted by molar-refractivity contribution is 0.376. The van der Waals surface area contributed by atoms with E-state index in [9.17, 15) is 0 Å². The number of nitrogens with zero attached hydrogens (tertiary/aromatic N) is 3. The van der Waals surface area contributed by atoms with E-state index in [1.165, 1.54) is 0 Å². The highest BCUT2D eigenvalue weighted by molar-refractivity contribution is 7.09. The molecule has 21 heavy (non-hydrogen) atoms. The SMILES string of the molecule is CN=C(NCc1cc(C)no1)NCc1nc(C(C)C)cs1. The molecular weight excluding hydrogens is 286 g/mol. The molecule has 0 spiro atoms. The molecule has 0 radical (unpaired) electrons. The Hall–Kier alpha value is -1.89. The average molecular weight is 307 g/mol. The lowest BCUT2D eigenvalue weighted by Gasteiger charge is -2.09. The van der Waals surface area contributed by atoms with Crippen LogP contribution in [0.3, 0.4) is 0 Å². The predicted molar refractivity (Wildman–Crippen MR) is 84.5 cm³/mol. The van der Waals surface area contributed by atoms with Crippen LogP contribution in [-0.4, -0.2) is 23.1 Å². The summed E-state index contributed by atoms with van der Waals surface area (Å²) >= 11 is 1.66. The summed E-state index contributed by atoms with van der Waals surface area (Å²) in [5, 5.41) is 13.4. The van der Waals surface area contributed by atoms with Crippen LogP contribution in [0.2, 0.25) is 0 Å². The van der Waals surface area contributed by atoms with E-state index in [1.807, 2.05) is 13.0 Å². The van der Waals surface area contributed by atoms with E-state index >= 15 is 0 Å². The minimum atomic E-state index is 0.460. The van der Waals surface area contributed by atoms with Gasteiger partial charge in [0.1, 0.15) is 5.01 Å². The van der Waals surface area contributed by atoms with E-state index in [-0.39, 0.29) is 0 Å². The summed E-state index contributed by atoms with van der Waals surface area (Å²) in [6, 6.07) is 1.90. The summed E-state index contributed by atoms with van der Waals surface area (Å²) < 4.78 is 5.15. The molecule has 2 heterocycles. The third kappa shape index (κ3) is 4.56. The number of rotatable bonds is 5. The van der Waals surface area contributed by atoms with Gasteiger partial charge in [-0.3, -0.25) is 4.99 Å². The molecule has 6 nitrogen and oxygen atoms in total. The maximum absolute atomic E-state index is 5.15. The van der Waals surface area contributed by atoms with Crippen LogP contribution in [0.4, 0.5) is 0 Å².